The number of aromatic nitrogens is 3. The highest BCUT2D eigenvalue weighted by Crippen LogP contribution is 2.28. The molecule has 0 fully saturated rings. The van der Waals surface area contributed by atoms with Crippen LogP contribution < -0.4 is 5.56 Å². The first-order chi connectivity index (χ1) is 14.6. The predicted octanol–water partition coefficient (Wildman–Crippen LogP) is 5.61. The molecule has 0 saturated carbocycles. The molecule has 0 unspecified atom stereocenters. The Bertz CT molecular complexity index is 1450. The molecule has 6 heteroatoms. The number of thioether (sulfide) groups is 1. The fraction of sp³-hybridized carbons (Fsp3) is 0.0833. The molecule has 2 heterocycles. The largest absolute Gasteiger partial charge is 0.349 e. The van der Waals surface area contributed by atoms with Gasteiger partial charge in [0.25, 0.3) is 5.56 Å². The number of aryl methyl sites for hydroxylation is 1. The zero-order valence-corrected chi connectivity index (χ0v) is 17.0. The minimum Gasteiger partial charge on any atom is -0.349 e. The average Bonchev–Trinajstić information content (AvgIpc) is 3.12. The van der Waals surface area contributed by atoms with E-state index in [0.717, 1.165) is 27.7 Å². The van der Waals surface area contributed by atoms with E-state index in [9.17, 15) is 9.18 Å². The molecule has 2 aromatic heterocycles. The maximum Gasteiger partial charge on any atom is 0.283 e. The minimum absolute atomic E-state index is 0.146. The fourth-order valence-electron chi connectivity index (χ4n) is 3.64. The third kappa shape index (κ3) is 3.19. The first-order valence-corrected chi connectivity index (χ1v) is 10.6. The van der Waals surface area contributed by atoms with E-state index in [1.165, 1.54) is 23.9 Å². The molecule has 5 rings (SSSR count). The molecule has 1 N–H and O–H groups in total. The van der Waals surface area contributed by atoms with Crippen LogP contribution in [0.4, 0.5) is 4.39 Å². The van der Waals surface area contributed by atoms with E-state index in [2.05, 4.69) is 4.98 Å². The third-order valence-electron chi connectivity index (χ3n) is 5.11. The van der Waals surface area contributed by atoms with E-state index >= 15 is 0 Å². The summed E-state index contributed by atoms with van der Waals surface area (Å²) in [6.07, 6.45) is 0. The zero-order valence-electron chi connectivity index (χ0n) is 16.2. The third-order valence-corrected chi connectivity index (χ3v) is 6.12. The van der Waals surface area contributed by atoms with Gasteiger partial charge >= 0.3 is 0 Å². The molecule has 0 aliphatic carbocycles. The number of rotatable bonds is 4. The number of H-pyrrole nitrogens is 1. The van der Waals surface area contributed by atoms with Crippen LogP contribution in [0.1, 0.15) is 11.1 Å². The van der Waals surface area contributed by atoms with Crippen LogP contribution in [0.15, 0.2) is 82.7 Å². The van der Waals surface area contributed by atoms with E-state index in [1.807, 2.05) is 61.5 Å². The van der Waals surface area contributed by atoms with Crippen molar-refractivity contribution in [3.63, 3.8) is 0 Å². The van der Waals surface area contributed by atoms with Crippen LogP contribution in [-0.4, -0.2) is 14.5 Å². The van der Waals surface area contributed by atoms with Crippen molar-refractivity contribution in [3.05, 3.63) is 100 Å². The Hall–Kier alpha value is -3.38. The van der Waals surface area contributed by atoms with Gasteiger partial charge in [0.2, 0.25) is 0 Å². The number of fused-ring (bicyclic) bond motifs is 3. The molecule has 5 aromatic rings. The smallest absolute Gasteiger partial charge is 0.283 e. The summed E-state index contributed by atoms with van der Waals surface area (Å²) in [4.78, 5) is 21.7. The lowest BCUT2D eigenvalue weighted by Crippen LogP contribution is -2.22. The minimum atomic E-state index is -0.274. The van der Waals surface area contributed by atoms with E-state index in [4.69, 9.17) is 4.98 Å². The maximum atomic E-state index is 13.6. The van der Waals surface area contributed by atoms with Gasteiger partial charge in [0.05, 0.1) is 5.69 Å². The number of hydrogen-bond donors (Lipinski definition) is 1. The molecule has 30 heavy (non-hydrogen) atoms. The number of para-hydroxylation sites is 2. The first-order valence-electron chi connectivity index (χ1n) is 9.58. The fourth-order valence-corrected chi connectivity index (χ4v) is 4.58. The van der Waals surface area contributed by atoms with E-state index < -0.39 is 0 Å². The van der Waals surface area contributed by atoms with Crippen LogP contribution in [0.5, 0.6) is 0 Å². The molecule has 0 aliphatic heterocycles. The van der Waals surface area contributed by atoms with Gasteiger partial charge in [0.1, 0.15) is 16.9 Å². The molecular formula is C24H18FN3OS. The van der Waals surface area contributed by atoms with Crippen molar-refractivity contribution in [1.29, 1.82) is 0 Å². The van der Waals surface area contributed by atoms with Gasteiger partial charge < -0.3 is 4.98 Å². The Labute approximate surface area is 176 Å². The van der Waals surface area contributed by atoms with Crippen LogP contribution in [0.2, 0.25) is 0 Å². The van der Waals surface area contributed by atoms with Crippen molar-refractivity contribution in [2.45, 2.75) is 17.8 Å². The number of benzene rings is 3. The first kappa shape index (κ1) is 18.6. The summed E-state index contributed by atoms with van der Waals surface area (Å²) < 4.78 is 15.3. The highest BCUT2D eigenvalue weighted by molar-refractivity contribution is 7.98. The predicted molar refractivity (Wildman–Crippen MR) is 120 cm³/mol. The Morgan fingerprint density at radius 3 is 2.67 bits per heavy atom. The van der Waals surface area contributed by atoms with Crippen molar-refractivity contribution < 1.29 is 4.39 Å². The summed E-state index contributed by atoms with van der Waals surface area (Å²) in [5, 5.41) is 1.49. The molecule has 0 aliphatic rings. The number of nitrogens with zero attached hydrogens (tertiary/aromatic N) is 2. The maximum absolute atomic E-state index is 13.6. The summed E-state index contributed by atoms with van der Waals surface area (Å²) >= 11 is 1.42. The number of nitrogens with one attached hydrogen (secondary N) is 1. The molecule has 0 saturated heterocycles. The number of halogens is 1. The summed E-state index contributed by atoms with van der Waals surface area (Å²) in [5.74, 6) is 0.230. The van der Waals surface area contributed by atoms with Gasteiger partial charge in [-0.05, 0) is 42.3 Å². The lowest BCUT2D eigenvalue weighted by molar-refractivity contribution is 0.626. The number of aromatic amines is 1. The summed E-state index contributed by atoms with van der Waals surface area (Å²) in [5.41, 5.74) is 4.47. The monoisotopic (exact) mass is 415 g/mol. The van der Waals surface area contributed by atoms with Gasteiger partial charge in [-0.3, -0.25) is 9.36 Å². The SMILES string of the molecule is Cc1ccccc1-n1c(SCc2cccc(F)c2)nc2c([nH]c3ccccc32)c1=O. The second kappa shape index (κ2) is 7.46. The van der Waals surface area contributed by atoms with E-state index in [-0.39, 0.29) is 11.4 Å². The number of hydrogen-bond acceptors (Lipinski definition) is 3. The molecule has 3 aromatic carbocycles. The Balaban J connectivity index is 1.73. The van der Waals surface area contributed by atoms with Gasteiger partial charge in [-0.2, -0.15) is 0 Å². The Kier molecular flexibility index (Phi) is 4.64. The van der Waals surface area contributed by atoms with Crippen molar-refractivity contribution in [2.24, 2.45) is 0 Å². The lowest BCUT2D eigenvalue weighted by Gasteiger charge is -2.14. The highest BCUT2D eigenvalue weighted by Gasteiger charge is 2.18. The molecule has 4 nitrogen and oxygen atoms in total. The molecule has 0 atom stereocenters. The Morgan fingerprint density at radius 2 is 1.83 bits per heavy atom. The van der Waals surface area contributed by atoms with E-state index in [1.54, 1.807) is 10.6 Å². The van der Waals surface area contributed by atoms with Crippen molar-refractivity contribution in [2.75, 3.05) is 0 Å². The molecule has 0 radical (unpaired) electrons. The van der Waals surface area contributed by atoms with Crippen molar-refractivity contribution in [1.82, 2.24) is 14.5 Å². The topological polar surface area (TPSA) is 50.7 Å². The van der Waals surface area contributed by atoms with Crippen LogP contribution in [0.25, 0.3) is 27.6 Å². The van der Waals surface area contributed by atoms with Gasteiger partial charge in [-0.25, -0.2) is 9.37 Å². The standard InChI is InChI=1S/C24H18FN3OS/c1-15-7-2-5-12-20(15)28-23(29)22-21(18-10-3-4-11-19(18)26-22)27-24(28)30-14-16-8-6-9-17(25)13-16/h2-13,26H,14H2,1H3. The van der Waals surface area contributed by atoms with Crippen LogP contribution in [0, 0.1) is 12.7 Å². The highest BCUT2D eigenvalue weighted by atomic mass is 32.2. The summed E-state index contributed by atoms with van der Waals surface area (Å²) in [6.45, 7) is 1.97. The zero-order chi connectivity index (χ0) is 20.7. The molecule has 148 valence electrons. The average molecular weight is 415 g/mol. The van der Waals surface area contributed by atoms with Crippen LogP contribution >= 0.6 is 11.8 Å². The second-order valence-corrected chi connectivity index (χ2v) is 8.08. The van der Waals surface area contributed by atoms with Crippen molar-refractivity contribution >= 4 is 33.7 Å². The quantitative estimate of drug-likeness (QED) is 0.307. The van der Waals surface area contributed by atoms with Crippen LogP contribution in [-0.2, 0) is 5.75 Å². The lowest BCUT2D eigenvalue weighted by atomic mass is 10.2. The normalized spacial score (nSPS) is 11.4. The van der Waals surface area contributed by atoms with Gasteiger partial charge in [0, 0.05) is 16.7 Å². The summed E-state index contributed by atoms with van der Waals surface area (Å²) in [7, 11) is 0. The van der Waals surface area contributed by atoms with Crippen LogP contribution in [0.3, 0.4) is 0 Å². The molecule has 0 bridgehead atoms. The van der Waals surface area contributed by atoms with E-state index in [0.29, 0.717) is 21.9 Å². The van der Waals surface area contributed by atoms with Gasteiger partial charge in [-0.1, -0.05) is 60.3 Å². The van der Waals surface area contributed by atoms with Gasteiger partial charge in [0.15, 0.2) is 5.16 Å². The Morgan fingerprint density at radius 1 is 1.03 bits per heavy atom. The second-order valence-electron chi connectivity index (χ2n) is 7.13. The van der Waals surface area contributed by atoms with Crippen molar-refractivity contribution in [3.8, 4) is 5.69 Å². The molecule has 0 spiro atoms. The molecular weight excluding hydrogens is 397 g/mol. The summed E-state index contributed by atoms with van der Waals surface area (Å²) in [6, 6.07) is 22.0. The van der Waals surface area contributed by atoms with Gasteiger partial charge in [-0.15, -0.1) is 0 Å². The molecule has 0 amide bonds.